The highest BCUT2D eigenvalue weighted by molar-refractivity contribution is 9.10. The third-order valence-electron chi connectivity index (χ3n) is 22.7. The molecule has 21 rings (SSSR count). The van der Waals surface area contributed by atoms with Crippen molar-refractivity contribution in [3.63, 3.8) is 0 Å². The summed E-state index contributed by atoms with van der Waals surface area (Å²) in [6.07, 6.45) is 0. The van der Waals surface area contributed by atoms with Gasteiger partial charge < -0.3 is 27.6 Å². The van der Waals surface area contributed by atoms with Crippen LogP contribution in [0.3, 0.4) is 0 Å². The number of nitrogens with zero attached hydrogens (tertiary/aromatic N) is 8. The first-order valence-corrected chi connectivity index (χ1v) is 38.7. The molecule has 0 bridgehead atoms. The molecule has 5 heterocycles. The van der Waals surface area contributed by atoms with Gasteiger partial charge in [0, 0.05) is 70.3 Å². The lowest BCUT2D eigenvalue weighted by Crippen LogP contribution is -2.41. The minimum atomic E-state index is -0.393. The van der Waals surface area contributed by atoms with Crippen LogP contribution in [0.2, 0.25) is 0 Å². The Labute approximate surface area is 667 Å². The fourth-order valence-electron chi connectivity index (χ4n) is 16.6. The predicted octanol–water partition coefficient (Wildman–Crippen LogP) is 26.7. The lowest BCUT2D eigenvalue weighted by Gasteiger charge is -2.32. The molecule has 1 aliphatic heterocycles. The van der Waals surface area contributed by atoms with E-state index in [1.807, 2.05) is 66.7 Å². The van der Waals surface area contributed by atoms with E-state index in [4.69, 9.17) is 22.5 Å². The summed E-state index contributed by atoms with van der Waals surface area (Å²) in [7, 11) is -0.393. The zero-order valence-corrected chi connectivity index (χ0v) is 64.3. The molecule has 20 aromatic rings. The van der Waals surface area contributed by atoms with E-state index in [1.165, 1.54) is 43.1 Å². The van der Waals surface area contributed by atoms with Crippen LogP contribution in [0.4, 0.5) is 11.4 Å². The Balaban J connectivity index is 0.000000124. The van der Waals surface area contributed by atoms with Crippen molar-refractivity contribution in [1.29, 1.82) is 10.5 Å². The predicted molar refractivity (Wildman–Crippen MR) is 473 cm³/mol. The molecular formula is C102H68BBrN8O2. The average molecular weight is 1530 g/mol. The maximum atomic E-state index is 10.1. The number of hydrogen-bond acceptors (Lipinski definition) is 4. The highest BCUT2D eigenvalue weighted by atomic mass is 79.9. The van der Waals surface area contributed by atoms with E-state index in [0.29, 0.717) is 22.5 Å². The molecular weight excluding hydrogens is 1460 g/mol. The van der Waals surface area contributed by atoms with Crippen LogP contribution in [-0.2, 0) is 9.31 Å². The van der Waals surface area contributed by atoms with E-state index in [-0.39, 0.29) is 11.2 Å². The first-order valence-electron chi connectivity index (χ1n) is 37.9. The number of benzene rings is 16. The van der Waals surface area contributed by atoms with E-state index in [9.17, 15) is 10.5 Å². The van der Waals surface area contributed by atoms with Gasteiger partial charge in [-0.2, -0.15) is 10.5 Å². The summed E-state index contributed by atoms with van der Waals surface area (Å²) in [5, 5.41) is 34.1. The van der Waals surface area contributed by atoms with Crippen molar-refractivity contribution in [2.45, 2.75) is 38.9 Å². The van der Waals surface area contributed by atoms with E-state index in [1.54, 1.807) is 0 Å². The van der Waals surface area contributed by atoms with Crippen LogP contribution in [0.1, 0.15) is 38.8 Å². The van der Waals surface area contributed by atoms with Crippen molar-refractivity contribution in [3.8, 4) is 68.3 Å². The van der Waals surface area contributed by atoms with Crippen molar-refractivity contribution < 1.29 is 9.31 Å². The molecule has 0 N–H and O–H groups in total. The SMILES string of the molecule is CC1(C)OB(c2ccc3cc(-c4cc(C#N)cc(-n5c6ccccc6c6ccccc65)c4)ccc3c2)OC1(C)C.[C-]#[N+]c1cc(-c2ccc3cc(-c4cc(C#N)cc(-n5c6ccccc6c6ccccc65)c4)ccc3c2)cc(-n2c3ccccc3c3ccccc32)c1.[C-]#[N+]c1cc(Br)cc(-n2c3ccccc3c3ccccc32)c1. The van der Waals surface area contributed by atoms with Gasteiger partial charge in [0.2, 0.25) is 0 Å². The summed E-state index contributed by atoms with van der Waals surface area (Å²) in [6.45, 7) is 23.5. The number of hydrogen-bond donors (Lipinski definition) is 0. The van der Waals surface area contributed by atoms with Gasteiger partial charge in [0.05, 0.1) is 91.7 Å². The standard InChI is InChI=1S/C48H28N4.C35H29BN2O2.C19H11BrN2/c1-50-38-26-37(28-40(29-38)52-47-16-8-4-12-43(47)44-13-5-9-17-48(44)52)35-21-19-32-24-34(20-18-33(32)25-35)36-22-31(30-49)23-39(27-36)51-45-14-6-2-10-41(45)42-11-3-7-15-46(42)51;1-34(2)35(3,4)40-36(39-34)28-16-15-24-19-25(13-14-26(24)20-28)27-17-23(22-37)18-29(21-27)38-32-11-7-5-9-30(32)31-10-6-8-12-33(31)38;1-21-14-10-13(20)11-15(12-14)22-18-8-4-2-6-16(18)17-7-3-5-9-19(17)22/h2-29H;5-21H,1-4H3;2-12H. The second-order valence-electron chi connectivity index (χ2n) is 30.1. The van der Waals surface area contributed by atoms with Gasteiger partial charge in [0.25, 0.3) is 0 Å². The maximum Gasteiger partial charge on any atom is 0.494 e. The van der Waals surface area contributed by atoms with Crippen molar-refractivity contribution in [1.82, 2.24) is 18.3 Å². The Hall–Kier alpha value is -14.3. The number of fused-ring (bicyclic) bond motifs is 14. The Kier molecular flexibility index (Phi) is 17.3. The van der Waals surface area contributed by atoms with Crippen molar-refractivity contribution in [3.05, 3.63) is 378 Å². The van der Waals surface area contributed by atoms with Crippen molar-refractivity contribution >= 4 is 149 Å². The van der Waals surface area contributed by atoms with Crippen LogP contribution in [0, 0.1) is 35.8 Å². The average Bonchev–Trinajstić information content (AvgIpc) is 1.59. The Bertz CT molecular complexity index is 7110. The maximum absolute atomic E-state index is 10.1. The third kappa shape index (κ3) is 12.3. The molecule has 10 nitrogen and oxygen atoms in total. The van der Waals surface area contributed by atoms with Gasteiger partial charge in [-0.15, -0.1) is 0 Å². The van der Waals surface area contributed by atoms with Gasteiger partial charge in [0.15, 0.2) is 11.4 Å². The van der Waals surface area contributed by atoms with Gasteiger partial charge >= 0.3 is 7.12 Å². The van der Waals surface area contributed by atoms with Gasteiger partial charge in [-0.3, -0.25) is 0 Å². The molecule has 0 amide bonds. The van der Waals surface area contributed by atoms with Crippen LogP contribution in [0.5, 0.6) is 0 Å². The van der Waals surface area contributed by atoms with Crippen LogP contribution in [0.15, 0.2) is 344 Å². The minimum Gasteiger partial charge on any atom is -0.399 e. The molecule has 538 valence electrons. The number of nitriles is 2. The molecule has 0 radical (unpaired) electrons. The smallest absolute Gasteiger partial charge is 0.399 e. The van der Waals surface area contributed by atoms with Gasteiger partial charge in [-0.1, -0.05) is 216 Å². The van der Waals surface area contributed by atoms with Crippen LogP contribution in [0.25, 0.3) is 175 Å². The molecule has 1 fully saturated rings. The Morgan fingerprint density at radius 3 is 0.886 bits per heavy atom. The summed E-state index contributed by atoms with van der Waals surface area (Å²) < 4.78 is 22.4. The molecule has 1 aliphatic rings. The summed E-state index contributed by atoms with van der Waals surface area (Å²) in [6, 6.07) is 122. The van der Waals surface area contributed by atoms with Crippen LogP contribution < -0.4 is 5.46 Å². The molecule has 4 aromatic heterocycles. The Morgan fingerprint density at radius 1 is 0.298 bits per heavy atom. The Morgan fingerprint density at radius 2 is 0.570 bits per heavy atom. The number of halogens is 1. The normalized spacial score (nSPS) is 13.0. The zero-order valence-electron chi connectivity index (χ0n) is 62.7. The molecule has 1 saturated heterocycles. The van der Waals surface area contributed by atoms with Crippen molar-refractivity contribution in [2.75, 3.05) is 0 Å². The molecule has 12 heteroatoms. The second-order valence-corrected chi connectivity index (χ2v) is 31.0. The zero-order chi connectivity index (χ0) is 77.5. The lowest BCUT2D eigenvalue weighted by atomic mass is 9.78. The lowest BCUT2D eigenvalue weighted by molar-refractivity contribution is 0.00578. The van der Waals surface area contributed by atoms with Gasteiger partial charge in [0.1, 0.15) is 0 Å². The first kappa shape index (κ1) is 70.1. The molecule has 0 aliphatic carbocycles. The quantitative estimate of drug-likeness (QED) is 0.112. The highest BCUT2D eigenvalue weighted by Gasteiger charge is 2.51. The summed E-state index contributed by atoms with van der Waals surface area (Å²) in [5.74, 6) is 0. The molecule has 0 atom stereocenters. The minimum absolute atomic E-state index is 0.379. The molecule has 16 aromatic carbocycles. The fraction of sp³-hybridized carbons (Fsp3) is 0.0588. The van der Waals surface area contributed by atoms with E-state index in [0.717, 1.165) is 132 Å². The molecule has 114 heavy (non-hydrogen) atoms. The van der Waals surface area contributed by atoms with E-state index < -0.39 is 7.12 Å². The fourth-order valence-corrected chi connectivity index (χ4v) is 17.1. The van der Waals surface area contributed by atoms with Gasteiger partial charge in [-0.25, -0.2) is 9.69 Å². The summed E-state index contributed by atoms with van der Waals surface area (Å²) in [5.41, 5.74) is 21.8. The third-order valence-corrected chi connectivity index (χ3v) is 23.2. The monoisotopic (exact) mass is 1530 g/mol. The number of para-hydroxylation sites is 8. The number of rotatable bonds is 8. The van der Waals surface area contributed by atoms with Crippen LogP contribution in [-0.4, -0.2) is 36.6 Å². The van der Waals surface area contributed by atoms with Crippen molar-refractivity contribution in [2.24, 2.45) is 0 Å². The molecule has 0 spiro atoms. The second kappa shape index (κ2) is 28.2. The molecule has 0 saturated carbocycles. The summed E-state index contributed by atoms with van der Waals surface area (Å²) >= 11 is 3.51. The van der Waals surface area contributed by atoms with E-state index in [2.05, 4.69) is 357 Å². The van der Waals surface area contributed by atoms with Crippen LogP contribution >= 0.6 is 15.9 Å². The van der Waals surface area contributed by atoms with E-state index >= 15 is 0 Å². The first-order chi connectivity index (χ1) is 55.7. The van der Waals surface area contributed by atoms with Gasteiger partial charge in [-0.05, 0) is 228 Å². The molecule has 0 unspecified atom stereocenters. The summed E-state index contributed by atoms with van der Waals surface area (Å²) in [4.78, 5) is 7.45. The number of aromatic nitrogens is 4. The largest absolute Gasteiger partial charge is 0.494 e. The highest BCUT2D eigenvalue weighted by Crippen LogP contribution is 2.43. The topological polar surface area (TPSA) is 94.5 Å².